The fraction of sp³-hybridized carbons (Fsp3) is 0.421. The zero-order valence-electron chi connectivity index (χ0n) is 14.3. The van der Waals surface area contributed by atoms with E-state index in [-0.39, 0.29) is 5.91 Å². The van der Waals surface area contributed by atoms with Gasteiger partial charge in [0.2, 0.25) is 5.95 Å². The first-order valence-electron chi connectivity index (χ1n) is 8.63. The van der Waals surface area contributed by atoms with E-state index in [0.29, 0.717) is 17.6 Å². The number of hydrogen-bond donors (Lipinski definition) is 1. The zero-order valence-corrected chi connectivity index (χ0v) is 14.3. The van der Waals surface area contributed by atoms with E-state index in [1.54, 1.807) is 12.3 Å². The number of benzene rings is 1. The van der Waals surface area contributed by atoms with Crippen molar-refractivity contribution in [2.24, 2.45) is 0 Å². The van der Waals surface area contributed by atoms with Crippen molar-refractivity contribution in [1.29, 1.82) is 0 Å². The molecule has 0 saturated carbocycles. The van der Waals surface area contributed by atoms with Gasteiger partial charge in [-0.15, -0.1) is 0 Å². The van der Waals surface area contributed by atoms with Gasteiger partial charge < -0.3 is 10.2 Å². The lowest BCUT2D eigenvalue weighted by atomic mass is 10.0. The molecule has 5 nitrogen and oxygen atoms in total. The topological polar surface area (TPSA) is 58.1 Å². The highest BCUT2D eigenvalue weighted by atomic mass is 16.1. The van der Waals surface area contributed by atoms with Crippen LogP contribution in [-0.2, 0) is 0 Å². The third kappa shape index (κ3) is 3.72. The first kappa shape index (κ1) is 16.4. The van der Waals surface area contributed by atoms with Gasteiger partial charge in [0, 0.05) is 25.0 Å². The predicted molar refractivity (Wildman–Crippen MR) is 96.6 cm³/mol. The van der Waals surface area contributed by atoms with Crippen LogP contribution in [0.3, 0.4) is 0 Å². The molecule has 24 heavy (non-hydrogen) atoms. The maximum atomic E-state index is 12.6. The number of aromatic nitrogens is 2. The van der Waals surface area contributed by atoms with Crippen molar-refractivity contribution in [2.75, 3.05) is 23.3 Å². The van der Waals surface area contributed by atoms with E-state index < -0.39 is 0 Å². The molecule has 1 aliphatic heterocycles. The second-order valence-electron chi connectivity index (χ2n) is 6.49. The van der Waals surface area contributed by atoms with Crippen molar-refractivity contribution in [3.05, 3.63) is 47.8 Å². The minimum Gasteiger partial charge on any atom is -0.341 e. The smallest absolute Gasteiger partial charge is 0.274 e. The summed E-state index contributed by atoms with van der Waals surface area (Å²) < 4.78 is 0. The van der Waals surface area contributed by atoms with E-state index in [4.69, 9.17) is 0 Å². The number of hydrogen-bond acceptors (Lipinski definition) is 4. The maximum Gasteiger partial charge on any atom is 0.274 e. The van der Waals surface area contributed by atoms with E-state index in [1.807, 2.05) is 24.3 Å². The average Bonchev–Trinajstić information content (AvgIpc) is 2.63. The number of rotatable bonds is 4. The number of nitrogens with zero attached hydrogens (tertiary/aromatic N) is 3. The van der Waals surface area contributed by atoms with E-state index in [2.05, 4.69) is 34.0 Å². The highest BCUT2D eigenvalue weighted by molar-refractivity contribution is 6.03. The van der Waals surface area contributed by atoms with Gasteiger partial charge in [0.05, 0.1) is 0 Å². The van der Waals surface area contributed by atoms with Crippen LogP contribution >= 0.6 is 0 Å². The Morgan fingerprint density at radius 3 is 2.62 bits per heavy atom. The van der Waals surface area contributed by atoms with Crippen molar-refractivity contribution in [3.8, 4) is 0 Å². The Labute approximate surface area is 143 Å². The van der Waals surface area contributed by atoms with Crippen LogP contribution in [0.15, 0.2) is 36.5 Å². The quantitative estimate of drug-likeness (QED) is 0.928. The molecule has 2 aromatic rings. The van der Waals surface area contributed by atoms with Gasteiger partial charge in [-0.05, 0) is 42.9 Å². The molecule has 0 aliphatic carbocycles. The van der Waals surface area contributed by atoms with E-state index >= 15 is 0 Å². The molecule has 1 aliphatic rings. The molecule has 1 N–H and O–H groups in total. The Bertz CT molecular complexity index is 708. The summed E-state index contributed by atoms with van der Waals surface area (Å²) >= 11 is 0. The lowest BCUT2D eigenvalue weighted by molar-refractivity contribution is 0.102. The summed E-state index contributed by atoms with van der Waals surface area (Å²) in [5.74, 6) is 0.805. The number of piperidine rings is 1. The molecule has 0 spiro atoms. The van der Waals surface area contributed by atoms with Crippen LogP contribution in [-0.4, -0.2) is 29.0 Å². The van der Waals surface area contributed by atoms with Gasteiger partial charge in [0.25, 0.3) is 5.91 Å². The van der Waals surface area contributed by atoms with Gasteiger partial charge in [-0.3, -0.25) is 4.79 Å². The molecule has 1 saturated heterocycles. The molecule has 1 aromatic heterocycles. The van der Waals surface area contributed by atoms with Crippen LogP contribution < -0.4 is 10.2 Å². The normalized spacial score (nSPS) is 14.7. The van der Waals surface area contributed by atoms with Gasteiger partial charge in [-0.1, -0.05) is 32.0 Å². The molecule has 5 heteroatoms. The largest absolute Gasteiger partial charge is 0.341 e. The Morgan fingerprint density at radius 1 is 1.12 bits per heavy atom. The van der Waals surface area contributed by atoms with E-state index in [9.17, 15) is 4.79 Å². The average molecular weight is 324 g/mol. The monoisotopic (exact) mass is 324 g/mol. The van der Waals surface area contributed by atoms with Crippen LogP contribution in [0.4, 0.5) is 11.6 Å². The molecule has 1 aromatic carbocycles. The molecular formula is C19H24N4O. The highest BCUT2D eigenvalue weighted by Crippen LogP contribution is 2.24. The van der Waals surface area contributed by atoms with Crippen LogP contribution in [0.25, 0.3) is 0 Å². The zero-order chi connectivity index (χ0) is 16.9. The molecule has 0 radical (unpaired) electrons. The van der Waals surface area contributed by atoms with Crippen molar-refractivity contribution in [1.82, 2.24) is 9.97 Å². The van der Waals surface area contributed by atoms with Gasteiger partial charge in [-0.25, -0.2) is 9.97 Å². The highest BCUT2D eigenvalue weighted by Gasteiger charge is 2.17. The number of nitrogens with one attached hydrogen (secondary N) is 1. The molecule has 1 amide bonds. The summed E-state index contributed by atoms with van der Waals surface area (Å²) in [7, 11) is 0. The Balaban J connectivity index is 1.78. The number of carbonyl (C=O) groups excluding carboxylic acids is 1. The number of anilines is 2. The molecule has 3 rings (SSSR count). The number of carbonyl (C=O) groups is 1. The maximum absolute atomic E-state index is 12.6. The third-order valence-corrected chi connectivity index (χ3v) is 4.35. The predicted octanol–water partition coefficient (Wildman–Crippen LogP) is 3.84. The standard InChI is InChI=1S/C19H24N4O/c1-14(2)15-8-4-5-9-16(15)21-18(24)17-10-11-20-19(22-17)23-12-6-3-7-13-23/h4-5,8-11,14H,3,6-7,12-13H2,1-2H3,(H,21,24). The molecular weight excluding hydrogens is 300 g/mol. The number of para-hydroxylation sites is 1. The summed E-state index contributed by atoms with van der Waals surface area (Å²) in [6, 6.07) is 9.56. The molecule has 0 atom stereocenters. The van der Waals surface area contributed by atoms with Crippen molar-refractivity contribution < 1.29 is 4.79 Å². The van der Waals surface area contributed by atoms with Crippen LogP contribution in [0.5, 0.6) is 0 Å². The third-order valence-electron chi connectivity index (χ3n) is 4.35. The first-order chi connectivity index (χ1) is 11.6. The minimum atomic E-state index is -0.191. The molecule has 126 valence electrons. The molecule has 2 heterocycles. The first-order valence-corrected chi connectivity index (χ1v) is 8.63. The second kappa shape index (κ2) is 7.43. The lowest BCUT2D eigenvalue weighted by Crippen LogP contribution is -2.31. The van der Waals surface area contributed by atoms with Gasteiger partial charge in [0.15, 0.2) is 0 Å². The van der Waals surface area contributed by atoms with Crippen LogP contribution in [0.1, 0.15) is 55.1 Å². The fourth-order valence-electron chi connectivity index (χ4n) is 3.02. The summed E-state index contributed by atoms with van der Waals surface area (Å²) in [5, 5.41) is 2.99. The van der Waals surface area contributed by atoms with Crippen LogP contribution in [0.2, 0.25) is 0 Å². The summed E-state index contributed by atoms with van der Waals surface area (Å²) in [5.41, 5.74) is 2.37. The van der Waals surface area contributed by atoms with Gasteiger partial charge >= 0.3 is 0 Å². The number of amides is 1. The minimum absolute atomic E-state index is 0.191. The Kier molecular flexibility index (Phi) is 5.08. The van der Waals surface area contributed by atoms with E-state index in [0.717, 1.165) is 37.2 Å². The summed E-state index contributed by atoms with van der Waals surface area (Å²) in [6.07, 6.45) is 5.23. The van der Waals surface area contributed by atoms with Crippen LogP contribution in [0, 0.1) is 0 Å². The van der Waals surface area contributed by atoms with E-state index in [1.165, 1.54) is 6.42 Å². The molecule has 0 bridgehead atoms. The fourth-order valence-corrected chi connectivity index (χ4v) is 3.02. The van der Waals surface area contributed by atoms with Gasteiger partial charge in [0.1, 0.15) is 5.69 Å². The van der Waals surface area contributed by atoms with Crippen molar-refractivity contribution in [2.45, 2.75) is 39.0 Å². The van der Waals surface area contributed by atoms with Crippen molar-refractivity contribution in [3.63, 3.8) is 0 Å². The SMILES string of the molecule is CC(C)c1ccccc1NC(=O)c1ccnc(N2CCCCC2)n1. The van der Waals surface area contributed by atoms with Crippen molar-refractivity contribution >= 4 is 17.5 Å². The Morgan fingerprint density at radius 2 is 1.88 bits per heavy atom. The molecule has 1 fully saturated rings. The summed E-state index contributed by atoms with van der Waals surface area (Å²) in [4.78, 5) is 23.6. The Hall–Kier alpha value is -2.43. The summed E-state index contributed by atoms with van der Waals surface area (Å²) in [6.45, 7) is 6.15. The second-order valence-corrected chi connectivity index (χ2v) is 6.49. The lowest BCUT2D eigenvalue weighted by Gasteiger charge is -2.26. The molecule has 0 unspecified atom stereocenters. The van der Waals surface area contributed by atoms with Gasteiger partial charge in [-0.2, -0.15) is 0 Å².